The molecule has 1 amide bonds. The number of rotatable bonds is 4. The molecule has 0 saturated heterocycles. The number of fused-ring (bicyclic) bond motifs is 1. The number of amides is 1. The third-order valence-electron chi connectivity index (χ3n) is 4.15. The number of hydrogen-bond acceptors (Lipinski definition) is 4. The van der Waals surface area contributed by atoms with Gasteiger partial charge in [0.25, 0.3) is 5.56 Å². The van der Waals surface area contributed by atoms with Crippen LogP contribution in [0.4, 0.5) is 5.69 Å². The number of halogens is 3. The third kappa shape index (κ3) is 3.85. The highest BCUT2D eigenvalue weighted by Crippen LogP contribution is 2.32. The average Bonchev–Trinajstić information content (AvgIpc) is 3.14. The van der Waals surface area contributed by atoms with Gasteiger partial charge in [-0.1, -0.05) is 53.0 Å². The molecule has 10 heteroatoms. The van der Waals surface area contributed by atoms with Crippen molar-refractivity contribution in [3.8, 4) is 5.69 Å². The molecule has 0 aliphatic rings. The molecule has 0 bridgehead atoms. The van der Waals surface area contributed by atoms with Crippen molar-refractivity contribution in [2.45, 2.75) is 6.54 Å². The first-order valence-corrected chi connectivity index (χ1v) is 9.50. The predicted molar refractivity (Wildman–Crippen MR) is 113 cm³/mol. The summed E-state index contributed by atoms with van der Waals surface area (Å²) in [5.74, 6) is -0.469. The van der Waals surface area contributed by atoms with E-state index < -0.39 is 5.91 Å². The normalized spacial score (nSPS) is 11.0. The van der Waals surface area contributed by atoms with Crippen molar-refractivity contribution >= 4 is 57.4 Å². The molecule has 7 nitrogen and oxygen atoms in total. The van der Waals surface area contributed by atoms with Crippen LogP contribution < -0.4 is 10.9 Å². The second kappa shape index (κ2) is 7.87. The molecule has 4 rings (SSSR count). The van der Waals surface area contributed by atoms with Crippen molar-refractivity contribution in [2.24, 2.45) is 0 Å². The Balaban J connectivity index is 1.60. The highest BCUT2D eigenvalue weighted by molar-refractivity contribution is 6.44. The molecule has 146 valence electrons. The number of nitrogens with one attached hydrogen (secondary N) is 1. The van der Waals surface area contributed by atoms with Crippen LogP contribution in [-0.2, 0) is 11.3 Å². The molecule has 2 aromatic heterocycles. The summed E-state index contributed by atoms with van der Waals surface area (Å²) in [4.78, 5) is 29.4. The van der Waals surface area contributed by atoms with Gasteiger partial charge in [-0.05, 0) is 24.3 Å². The van der Waals surface area contributed by atoms with Gasteiger partial charge in [-0.3, -0.25) is 14.2 Å². The molecule has 0 radical (unpaired) electrons. The van der Waals surface area contributed by atoms with Crippen molar-refractivity contribution in [1.29, 1.82) is 0 Å². The fraction of sp³-hybridized carbons (Fsp3) is 0.0526. The minimum Gasteiger partial charge on any atom is -0.323 e. The molecule has 0 unspecified atom stereocenters. The van der Waals surface area contributed by atoms with Crippen molar-refractivity contribution in [1.82, 2.24) is 19.3 Å². The van der Waals surface area contributed by atoms with Gasteiger partial charge in [0, 0.05) is 0 Å². The minimum absolute atomic E-state index is 0.234. The number of benzene rings is 2. The average molecular weight is 449 g/mol. The molecular formula is C19H12Cl3N5O2. The number of aromatic nitrogens is 4. The molecule has 0 atom stereocenters. The van der Waals surface area contributed by atoms with Gasteiger partial charge in [0.1, 0.15) is 18.3 Å². The van der Waals surface area contributed by atoms with Crippen LogP contribution in [0.25, 0.3) is 16.7 Å². The Morgan fingerprint density at radius 1 is 1.03 bits per heavy atom. The second-order valence-electron chi connectivity index (χ2n) is 6.10. The summed E-state index contributed by atoms with van der Waals surface area (Å²) in [6, 6.07) is 12.2. The van der Waals surface area contributed by atoms with Crippen LogP contribution in [0.15, 0.2) is 59.8 Å². The van der Waals surface area contributed by atoms with Gasteiger partial charge < -0.3 is 5.32 Å². The lowest BCUT2D eigenvalue weighted by molar-refractivity contribution is -0.116. The number of carbonyl (C=O) groups is 1. The van der Waals surface area contributed by atoms with Crippen LogP contribution >= 0.6 is 34.8 Å². The largest absolute Gasteiger partial charge is 0.323 e. The summed E-state index contributed by atoms with van der Waals surface area (Å²) in [6.45, 7) is -0.255. The number of hydrogen-bond donors (Lipinski definition) is 1. The first-order valence-electron chi connectivity index (χ1n) is 8.37. The Morgan fingerprint density at radius 2 is 1.76 bits per heavy atom. The van der Waals surface area contributed by atoms with Crippen molar-refractivity contribution < 1.29 is 4.79 Å². The van der Waals surface area contributed by atoms with E-state index in [1.165, 1.54) is 29.2 Å². The highest BCUT2D eigenvalue weighted by Gasteiger charge is 2.14. The Labute approximate surface area is 179 Å². The van der Waals surface area contributed by atoms with Gasteiger partial charge in [-0.2, -0.15) is 5.10 Å². The Morgan fingerprint density at radius 3 is 2.52 bits per heavy atom. The van der Waals surface area contributed by atoms with E-state index in [0.717, 1.165) is 5.69 Å². The third-order valence-corrected chi connectivity index (χ3v) is 5.19. The number of para-hydroxylation sites is 1. The number of carbonyl (C=O) groups excluding carboxylic acids is 1. The summed E-state index contributed by atoms with van der Waals surface area (Å²) in [6.07, 6.45) is 2.74. The van der Waals surface area contributed by atoms with Crippen LogP contribution in [0.1, 0.15) is 0 Å². The van der Waals surface area contributed by atoms with E-state index in [0.29, 0.717) is 16.7 Å². The topological polar surface area (TPSA) is 81.8 Å². The Hall–Kier alpha value is -2.87. The van der Waals surface area contributed by atoms with Crippen LogP contribution in [-0.4, -0.2) is 25.2 Å². The van der Waals surface area contributed by atoms with Crippen molar-refractivity contribution in [3.05, 3.63) is 80.4 Å². The molecule has 1 N–H and O–H groups in total. The highest BCUT2D eigenvalue weighted by atomic mass is 35.5. The lowest BCUT2D eigenvalue weighted by atomic mass is 10.3. The summed E-state index contributed by atoms with van der Waals surface area (Å²) in [5, 5.41) is 7.91. The van der Waals surface area contributed by atoms with Crippen LogP contribution in [0.2, 0.25) is 15.1 Å². The van der Waals surface area contributed by atoms with Gasteiger partial charge >= 0.3 is 0 Å². The van der Waals surface area contributed by atoms with Crippen molar-refractivity contribution in [3.63, 3.8) is 0 Å². The maximum absolute atomic E-state index is 12.8. The molecule has 0 aliphatic heterocycles. The van der Waals surface area contributed by atoms with Crippen LogP contribution in [0, 0.1) is 0 Å². The standard InChI is InChI=1S/C19H12Cl3N5O2/c20-13-6-15(22)16(7-14(13)21)25-17(28)9-26-10-23-18-12(19(26)29)8-24-27(18)11-4-2-1-3-5-11/h1-8,10H,9H2,(H,25,28). The van der Waals surface area contributed by atoms with E-state index in [2.05, 4.69) is 15.4 Å². The smallest absolute Gasteiger partial charge is 0.264 e. The fourth-order valence-electron chi connectivity index (χ4n) is 2.78. The van der Waals surface area contributed by atoms with Crippen LogP contribution in [0.3, 0.4) is 0 Å². The summed E-state index contributed by atoms with van der Waals surface area (Å²) in [7, 11) is 0. The molecule has 4 aromatic rings. The summed E-state index contributed by atoms with van der Waals surface area (Å²) in [5.41, 5.74) is 1.10. The molecule has 2 heterocycles. The van der Waals surface area contributed by atoms with Gasteiger partial charge in [0.05, 0.1) is 32.6 Å². The Kier molecular flexibility index (Phi) is 5.27. The zero-order valence-electron chi connectivity index (χ0n) is 14.6. The first kappa shape index (κ1) is 19.4. The van der Waals surface area contributed by atoms with Gasteiger partial charge in [-0.15, -0.1) is 0 Å². The van der Waals surface area contributed by atoms with Crippen molar-refractivity contribution in [2.75, 3.05) is 5.32 Å². The quantitative estimate of drug-likeness (QED) is 0.475. The molecule has 0 fully saturated rings. The van der Waals surface area contributed by atoms with E-state index in [1.54, 1.807) is 4.68 Å². The molecule has 0 saturated carbocycles. The Bertz CT molecular complexity index is 1280. The monoisotopic (exact) mass is 447 g/mol. The molecule has 0 aliphatic carbocycles. The lowest BCUT2D eigenvalue weighted by Gasteiger charge is -2.10. The summed E-state index contributed by atoms with van der Waals surface area (Å²) < 4.78 is 2.76. The molecular weight excluding hydrogens is 437 g/mol. The molecule has 29 heavy (non-hydrogen) atoms. The van der Waals surface area contributed by atoms with Gasteiger partial charge in [0.15, 0.2) is 5.65 Å². The molecule has 2 aromatic carbocycles. The number of anilines is 1. The lowest BCUT2D eigenvalue weighted by Crippen LogP contribution is -2.28. The van der Waals surface area contributed by atoms with E-state index >= 15 is 0 Å². The SMILES string of the molecule is O=C(Cn1cnc2c(cnn2-c2ccccc2)c1=O)Nc1cc(Cl)c(Cl)cc1Cl. The van der Waals surface area contributed by atoms with E-state index in [1.807, 2.05) is 30.3 Å². The van der Waals surface area contributed by atoms with E-state index in [-0.39, 0.29) is 27.2 Å². The van der Waals surface area contributed by atoms with Gasteiger partial charge in [-0.25, -0.2) is 9.67 Å². The first-order chi connectivity index (χ1) is 13.9. The predicted octanol–water partition coefficient (Wildman–Crippen LogP) is 4.18. The zero-order valence-corrected chi connectivity index (χ0v) is 16.9. The maximum atomic E-state index is 12.8. The van der Waals surface area contributed by atoms with E-state index in [9.17, 15) is 9.59 Å². The minimum atomic E-state index is -0.469. The maximum Gasteiger partial charge on any atom is 0.264 e. The second-order valence-corrected chi connectivity index (χ2v) is 7.32. The fourth-order valence-corrected chi connectivity index (χ4v) is 3.38. The number of nitrogens with zero attached hydrogens (tertiary/aromatic N) is 4. The van der Waals surface area contributed by atoms with Gasteiger partial charge in [0.2, 0.25) is 5.91 Å². The van der Waals surface area contributed by atoms with E-state index in [4.69, 9.17) is 34.8 Å². The molecule has 0 spiro atoms. The summed E-state index contributed by atoms with van der Waals surface area (Å²) >= 11 is 17.9. The zero-order chi connectivity index (χ0) is 20.5. The van der Waals surface area contributed by atoms with Crippen LogP contribution in [0.5, 0.6) is 0 Å².